The van der Waals surface area contributed by atoms with Crippen LogP contribution in [0.5, 0.6) is 0 Å². The third-order valence-corrected chi connectivity index (χ3v) is 4.81. The van der Waals surface area contributed by atoms with Crippen LogP contribution in [0.15, 0.2) is 0 Å². The zero-order valence-corrected chi connectivity index (χ0v) is 13.0. The lowest BCUT2D eigenvalue weighted by Crippen LogP contribution is -2.50. The molecule has 0 heterocycles. The number of rotatable bonds is 8. The summed E-state index contributed by atoms with van der Waals surface area (Å²) in [6.07, 6.45) is 5.35. The molecule has 2 aliphatic carbocycles. The molecule has 2 unspecified atom stereocenters. The van der Waals surface area contributed by atoms with Gasteiger partial charge in [0, 0.05) is 19.2 Å². The van der Waals surface area contributed by atoms with E-state index in [1.165, 1.54) is 20.0 Å². The number of nitrogens with one attached hydrogen (secondary N) is 1. The molecule has 5 nitrogen and oxygen atoms in total. The summed E-state index contributed by atoms with van der Waals surface area (Å²) in [5.41, 5.74) is -0.497. The molecule has 2 rings (SSSR count). The van der Waals surface area contributed by atoms with Crippen molar-refractivity contribution in [2.75, 3.05) is 41.0 Å². The van der Waals surface area contributed by atoms with Crippen molar-refractivity contribution in [3.05, 3.63) is 0 Å². The first-order chi connectivity index (χ1) is 9.61. The summed E-state index contributed by atoms with van der Waals surface area (Å²) >= 11 is 0. The Labute approximate surface area is 122 Å². The van der Waals surface area contributed by atoms with Crippen molar-refractivity contribution in [1.82, 2.24) is 10.2 Å². The molecule has 0 aromatic carbocycles. The predicted octanol–water partition coefficient (Wildman–Crippen LogP) is 1.03. The fourth-order valence-corrected chi connectivity index (χ4v) is 3.03. The van der Waals surface area contributed by atoms with Crippen LogP contribution in [0.25, 0.3) is 0 Å². The van der Waals surface area contributed by atoms with Gasteiger partial charge in [0.05, 0.1) is 13.7 Å². The lowest BCUT2D eigenvalue weighted by Gasteiger charge is -2.28. The van der Waals surface area contributed by atoms with Crippen LogP contribution in [0.1, 0.15) is 32.1 Å². The third-order valence-electron chi connectivity index (χ3n) is 4.81. The predicted molar refractivity (Wildman–Crippen MR) is 77.6 cm³/mol. The van der Waals surface area contributed by atoms with Crippen LogP contribution in [0.3, 0.4) is 0 Å². The van der Waals surface area contributed by atoms with E-state index in [1.54, 1.807) is 0 Å². The van der Waals surface area contributed by atoms with Crippen molar-refractivity contribution >= 4 is 5.97 Å². The van der Waals surface area contributed by atoms with Crippen molar-refractivity contribution in [2.24, 2.45) is 5.92 Å². The van der Waals surface area contributed by atoms with Gasteiger partial charge in [-0.1, -0.05) is 0 Å². The molecule has 5 heteroatoms. The average Bonchev–Trinajstić information content (AvgIpc) is 3.19. The fraction of sp³-hybridized carbons (Fsp3) is 0.933. The van der Waals surface area contributed by atoms with Gasteiger partial charge in [0.15, 0.2) is 0 Å². The zero-order chi connectivity index (χ0) is 14.6. The number of carbonyl (C=O) groups excluding carboxylic acids is 1. The number of hydrogen-bond donors (Lipinski definition) is 1. The Balaban J connectivity index is 1.73. The molecule has 2 saturated carbocycles. The maximum atomic E-state index is 11.9. The molecule has 0 spiro atoms. The van der Waals surface area contributed by atoms with Gasteiger partial charge in [0.25, 0.3) is 0 Å². The fourth-order valence-electron chi connectivity index (χ4n) is 3.03. The number of carbonyl (C=O) groups is 1. The first-order valence-corrected chi connectivity index (χ1v) is 7.66. The topological polar surface area (TPSA) is 50.8 Å². The molecule has 0 aromatic rings. The molecule has 20 heavy (non-hydrogen) atoms. The number of esters is 1. The van der Waals surface area contributed by atoms with E-state index in [-0.39, 0.29) is 5.97 Å². The molecule has 2 atom stereocenters. The minimum Gasteiger partial charge on any atom is -0.468 e. The minimum atomic E-state index is -0.497. The van der Waals surface area contributed by atoms with Gasteiger partial charge in [0.2, 0.25) is 0 Å². The summed E-state index contributed by atoms with van der Waals surface area (Å²) in [7, 11) is 5.43. The summed E-state index contributed by atoms with van der Waals surface area (Å²) in [6, 6.07) is 0.422. The van der Waals surface area contributed by atoms with E-state index in [2.05, 4.69) is 17.3 Å². The first kappa shape index (κ1) is 15.7. The highest BCUT2D eigenvalue weighted by Gasteiger charge is 2.46. The normalized spacial score (nSPS) is 29.9. The molecule has 0 aromatic heterocycles. The maximum Gasteiger partial charge on any atom is 0.326 e. The van der Waals surface area contributed by atoms with Gasteiger partial charge in [-0.3, -0.25) is 4.79 Å². The van der Waals surface area contributed by atoms with Crippen molar-refractivity contribution < 1.29 is 14.3 Å². The van der Waals surface area contributed by atoms with E-state index < -0.39 is 5.54 Å². The molecular weight excluding hydrogens is 256 g/mol. The van der Waals surface area contributed by atoms with Crippen LogP contribution in [-0.2, 0) is 14.3 Å². The molecule has 2 fully saturated rings. The average molecular weight is 284 g/mol. The molecule has 0 aliphatic heterocycles. The van der Waals surface area contributed by atoms with Gasteiger partial charge in [0.1, 0.15) is 5.54 Å². The van der Waals surface area contributed by atoms with Crippen molar-refractivity contribution in [1.29, 1.82) is 0 Å². The van der Waals surface area contributed by atoms with E-state index >= 15 is 0 Å². The standard InChI is InChI=1S/C15H28N2O3/c1-16-15(14(18)19-3)7-6-13(10-15)17(2)8-9-20-11-12-4-5-12/h12-13,16H,4-11H2,1-3H3. The molecule has 1 N–H and O–H groups in total. The largest absolute Gasteiger partial charge is 0.468 e. The number of nitrogens with zero attached hydrogens (tertiary/aromatic N) is 1. The second-order valence-corrected chi connectivity index (χ2v) is 6.22. The third kappa shape index (κ3) is 3.71. The smallest absolute Gasteiger partial charge is 0.326 e. The molecule has 0 saturated heterocycles. The minimum absolute atomic E-state index is 0.138. The van der Waals surface area contributed by atoms with E-state index in [0.29, 0.717) is 6.04 Å². The van der Waals surface area contributed by atoms with Crippen LogP contribution in [0.4, 0.5) is 0 Å². The highest BCUT2D eigenvalue weighted by atomic mass is 16.5. The summed E-state index contributed by atoms with van der Waals surface area (Å²) in [5.74, 6) is 0.684. The quantitative estimate of drug-likeness (QED) is 0.533. The molecule has 0 bridgehead atoms. The van der Waals surface area contributed by atoms with Crippen LogP contribution < -0.4 is 5.32 Å². The number of ether oxygens (including phenoxy) is 2. The molecule has 0 radical (unpaired) electrons. The van der Waals surface area contributed by atoms with Crippen molar-refractivity contribution in [3.8, 4) is 0 Å². The van der Waals surface area contributed by atoms with Gasteiger partial charge >= 0.3 is 5.97 Å². The zero-order valence-electron chi connectivity index (χ0n) is 13.0. The molecule has 116 valence electrons. The van der Waals surface area contributed by atoms with Gasteiger partial charge in [-0.2, -0.15) is 0 Å². The second kappa shape index (κ2) is 6.87. The van der Waals surface area contributed by atoms with E-state index in [9.17, 15) is 4.79 Å². The van der Waals surface area contributed by atoms with Crippen LogP contribution in [-0.4, -0.2) is 63.4 Å². The lowest BCUT2D eigenvalue weighted by atomic mass is 9.97. The second-order valence-electron chi connectivity index (χ2n) is 6.22. The van der Waals surface area contributed by atoms with E-state index in [4.69, 9.17) is 9.47 Å². The van der Waals surface area contributed by atoms with Crippen LogP contribution in [0.2, 0.25) is 0 Å². The molecule has 2 aliphatic rings. The Hall–Kier alpha value is -0.650. The van der Waals surface area contributed by atoms with E-state index in [1.807, 2.05) is 7.05 Å². The van der Waals surface area contributed by atoms with E-state index in [0.717, 1.165) is 44.9 Å². The van der Waals surface area contributed by atoms with Crippen molar-refractivity contribution in [2.45, 2.75) is 43.7 Å². The van der Waals surface area contributed by atoms with Crippen LogP contribution >= 0.6 is 0 Å². The number of methoxy groups -OCH3 is 1. The SMILES string of the molecule is CNC1(C(=O)OC)CCC(N(C)CCOCC2CC2)C1. The summed E-state index contributed by atoms with van der Waals surface area (Å²) in [5, 5.41) is 3.17. The van der Waals surface area contributed by atoms with Gasteiger partial charge in [-0.25, -0.2) is 0 Å². The highest BCUT2D eigenvalue weighted by Crippen LogP contribution is 2.33. The lowest BCUT2D eigenvalue weighted by molar-refractivity contribution is -0.148. The first-order valence-electron chi connectivity index (χ1n) is 7.66. The Bertz CT molecular complexity index is 333. The summed E-state index contributed by atoms with van der Waals surface area (Å²) in [6.45, 7) is 2.63. The summed E-state index contributed by atoms with van der Waals surface area (Å²) in [4.78, 5) is 14.3. The molecule has 0 amide bonds. The van der Waals surface area contributed by atoms with Crippen molar-refractivity contribution in [3.63, 3.8) is 0 Å². The Morgan fingerprint density at radius 3 is 2.75 bits per heavy atom. The maximum absolute atomic E-state index is 11.9. The molecular formula is C15H28N2O3. The number of likely N-dealkylation sites (N-methyl/N-ethyl adjacent to an activating group) is 2. The van der Waals surface area contributed by atoms with Gasteiger partial charge in [-0.05, 0) is 52.1 Å². The summed E-state index contributed by atoms with van der Waals surface area (Å²) < 4.78 is 10.6. The number of hydrogen-bond acceptors (Lipinski definition) is 5. The van der Waals surface area contributed by atoms with Gasteiger partial charge < -0.3 is 19.7 Å². The Morgan fingerprint density at radius 2 is 2.15 bits per heavy atom. The Morgan fingerprint density at radius 1 is 1.40 bits per heavy atom. The van der Waals surface area contributed by atoms with Crippen LogP contribution in [0, 0.1) is 5.92 Å². The highest BCUT2D eigenvalue weighted by molar-refractivity contribution is 5.81. The van der Waals surface area contributed by atoms with Gasteiger partial charge in [-0.15, -0.1) is 0 Å². The Kier molecular flexibility index (Phi) is 5.41. The monoisotopic (exact) mass is 284 g/mol.